The average Bonchev–Trinajstić information content (AvgIpc) is 2.58. The summed E-state index contributed by atoms with van der Waals surface area (Å²) in [6.07, 6.45) is 6.82. The molecule has 88 valence electrons. The maximum absolute atomic E-state index is 5.18. The summed E-state index contributed by atoms with van der Waals surface area (Å²) in [6, 6.07) is 0. The van der Waals surface area contributed by atoms with E-state index >= 15 is 0 Å². The first-order valence-corrected chi connectivity index (χ1v) is 6.42. The van der Waals surface area contributed by atoms with Gasteiger partial charge >= 0.3 is 0 Å². The number of methoxy groups -OCH3 is 1. The highest BCUT2D eigenvalue weighted by molar-refractivity contribution is 9.10. The maximum atomic E-state index is 5.18. The van der Waals surface area contributed by atoms with E-state index in [1.165, 1.54) is 25.7 Å². The van der Waals surface area contributed by atoms with Crippen LogP contribution >= 0.6 is 15.9 Å². The summed E-state index contributed by atoms with van der Waals surface area (Å²) in [5, 5.41) is 0. The molecule has 0 bridgehead atoms. The van der Waals surface area contributed by atoms with Crippen molar-refractivity contribution >= 4 is 21.9 Å². The maximum Gasteiger partial charge on any atom is 0.232 e. The molecule has 1 saturated heterocycles. The van der Waals surface area contributed by atoms with Crippen LogP contribution in [0, 0.1) is 0 Å². The first-order chi connectivity index (χ1) is 7.81. The highest BCUT2D eigenvalue weighted by atomic mass is 79.9. The van der Waals surface area contributed by atoms with Gasteiger partial charge in [0, 0.05) is 13.1 Å². The molecule has 0 spiro atoms. The number of aromatic nitrogens is 2. The molecule has 1 fully saturated rings. The van der Waals surface area contributed by atoms with E-state index in [0.29, 0.717) is 5.88 Å². The SMILES string of the molecule is COc1nc(N2CCCCCC2)ncc1Br. The van der Waals surface area contributed by atoms with Crippen LogP contribution in [0.25, 0.3) is 0 Å². The molecule has 1 aliphatic heterocycles. The van der Waals surface area contributed by atoms with E-state index in [2.05, 4.69) is 30.8 Å². The predicted molar refractivity (Wildman–Crippen MR) is 67.0 cm³/mol. The molecule has 1 aromatic rings. The van der Waals surface area contributed by atoms with E-state index in [1.807, 2.05) is 0 Å². The lowest BCUT2D eigenvalue weighted by Gasteiger charge is -2.20. The van der Waals surface area contributed by atoms with Crippen molar-refractivity contribution in [2.75, 3.05) is 25.1 Å². The summed E-state index contributed by atoms with van der Waals surface area (Å²) in [6.45, 7) is 2.09. The second kappa shape index (κ2) is 5.48. The molecule has 2 heterocycles. The van der Waals surface area contributed by atoms with Crippen molar-refractivity contribution in [2.24, 2.45) is 0 Å². The molecule has 5 heteroatoms. The Morgan fingerprint density at radius 3 is 2.56 bits per heavy atom. The van der Waals surface area contributed by atoms with E-state index in [1.54, 1.807) is 13.3 Å². The lowest BCUT2D eigenvalue weighted by atomic mass is 10.2. The first-order valence-electron chi connectivity index (χ1n) is 5.63. The Morgan fingerprint density at radius 1 is 1.25 bits per heavy atom. The Morgan fingerprint density at radius 2 is 1.94 bits per heavy atom. The molecular weight excluding hydrogens is 270 g/mol. The largest absolute Gasteiger partial charge is 0.480 e. The molecule has 0 unspecified atom stereocenters. The zero-order valence-corrected chi connectivity index (χ0v) is 11.0. The molecule has 0 aliphatic carbocycles. The normalized spacial score (nSPS) is 17.0. The summed E-state index contributed by atoms with van der Waals surface area (Å²) in [7, 11) is 1.62. The number of hydrogen-bond acceptors (Lipinski definition) is 4. The highest BCUT2D eigenvalue weighted by Crippen LogP contribution is 2.24. The van der Waals surface area contributed by atoms with Gasteiger partial charge in [-0.3, -0.25) is 0 Å². The van der Waals surface area contributed by atoms with Gasteiger partial charge in [0.25, 0.3) is 0 Å². The standard InChI is InChI=1S/C11H16BrN3O/c1-16-10-9(12)8-13-11(14-10)15-6-4-2-3-5-7-15/h8H,2-7H2,1H3. The summed E-state index contributed by atoms with van der Waals surface area (Å²) >= 11 is 3.36. The fourth-order valence-electron chi connectivity index (χ4n) is 1.91. The number of ether oxygens (including phenoxy) is 1. The Balaban J connectivity index is 2.18. The minimum absolute atomic E-state index is 0.606. The van der Waals surface area contributed by atoms with Crippen LogP contribution < -0.4 is 9.64 Å². The van der Waals surface area contributed by atoms with Gasteiger partial charge < -0.3 is 9.64 Å². The van der Waals surface area contributed by atoms with Crippen molar-refractivity contribution in [1.82, 2.24) is 9.97 Å². The van der Waals surface area contributed by atoms with Crippen molar-refractivity contribution in [3.63, 3.8) is 0 Å². The van der Waals surface area contributed by atoms with Gasteiger partial charge in [-0.1, -0.05) is 12.8 Å². The van der Waals surface area contributed by atoms with Gasteiger partial charge in [0.15, 0.2) is 0 Å². The summed E-state index contributed by atoms with van der Waals surface area (Å²) in [5.41, 5.74) is 0. The molecule has 16 heavy (non-hydrogen) atoms. The van der Waals surface area contributed by atoms with Crippen molar-refractivity contribution in [2.45, 2.75) is 25.7 Å². The van der Waals surface area contributed by atoms with Gasteiger partial charge in [-0.05, 0) is 28.8 Å². The number of halogens is 1. The molecule has 1 aromatic heterocycles. The van der Waals surface area contributed by atoms with Crippen molar-refractivity contribution in [3.8, 4) is 5.88 Å². The minimum atomic E-state index is 0.606. The number of rotatable bonds is 2. The van der Waals surface area contributed by atoms with Crippen LogP contribution in [0.4, 0.5) is 5.95 Å². The van der Waals surface area contributed by atoms with Crippen LogP contribution in [0.1, 0.15) is 25.7 Å². The third kappa shape index (κ3) is 2.64. The lowest BCUT2D eigenvalue weighted by Crippen LogP contribution is -2.26. The molecule has 0 saturated carbocycles. The monoisotopic (exact) mass is 285 g/mol. The van der Waals surface area contributed by atoms with Crippen molar-refractivity contribution in [1.29, 1.82) is 0 Å². The Kier molecular flexibility index (Phi) is 3.98. The second-order valence-corrected chi connectivity index (χ2v) is 4.78. The lowest BCUT2D eigenvalue weighted by molar-refractivity contribution is 0.393. The topological polar surface area (TPSA) is 38.2 Å². The minimum Gasteiger partial charge on any atom is -0.480 e. The highest BCUT2D eigenvalue weighted by Gasteiger charge is 2.14. The van der Waals surface area contributed by atoms with Gasteiger partial charge in [0.1, 0.15) is 0 Å². The van der Waals surface area contributed by atoms with Gasteiger partial charge in [0.2, 0.25) is 11.8 Å². The molecule has 0 amide bonds. The zero-order valence-electron chi connectivity index (χ0n) is 9.45. The number of nitrogens with zero attached hydrogens (tertiary/aromatic N) is 3. The molecule has 0 aromatic carbocycles. The molecule has 0 atom stereocenters. The van der Waals surface area contributed by atoms with E-state index in [-0.39, 0.29) is 0 Å². The smallest absolute Gasteiger partial charge is 0.232 e. The summed E-state index contributed by atoms with van der Waals surface area (Å²) in [4.78, 5) is 11.0. The summed E-state index contributed by atoms with van der Waals surface area (Å²) in [5.74, 6) is 1.39. The van der Waals surface area contributed by atoms with E-state index in [0.717, 1.165) is 23.5 Å². The van der Waals surface area contributed by atoms with Crippen molar-refractivity contribution < 1.29 is 4.74 Å². The van der Waals surface area contributed by atoms with E-state index in [4.69, 9.17) is 4.74 Å². The van der Waals surface area contributed by atoms with Crippen LogP contribution in [-0.4, -0.2) is 30.2 Å². The van der Waals surface area contributed by atoms with Gasteiger partial charge in [0.05, 0.1) is 17.8 Å². The quantitative estimate of drug-likeness (QED) is 0.837. The Labute approximate surface area is 104 Å². The molecule has 0 radical (unpaired) electrons. The Hall–Kier alpha value is -0.840. The molecule has 1 aliphatic rings. The fraction of sp³-hybridized carbons (Fsp3) is 0.636. The predicted octanol–water partition coefficient (Wildman–Crippen LogP) is 2.63. The zero-order chi connectivity index (χ0) is 11.4. The number of anilines is 1. The van der Waals surface area contributed by atoms with Crippen LogP contribution in [0.15, 0.2) is 10.7 Å². The second-order valence-electron chi connectivity index (χ2n) is 3.93. The van der Waals surface area contributed by atoms with Crippen LogP contribution in [-0.2, 0) is 0 Å². The average molecular weight is 286 g/mol. The van der Waals surface area contributed by atoms with E-state index in [9.17, 15) is 0 Å². The van der Waals surface area contributed by atoms with Crippen LogP contribution in [0.3, 0.4) is 0 Å². The first kappa shape index (κ1) is 11.6. The van der Waals surface area contributed by atoms with Gasteiger partial charge in [-0.15, -0.1) is 0 Å². The van der Waals surface area contributed by atoms with Gasteiger partial charge in [-0.25, -0.2) is 4.98 Å². The molecule has 2 rings (SSSR count). The third-order valence-corrected chi connectivity index (χ3v) is 3.33. The van der Waals surface area contributed by atoms with E-state index < -0.39 is 0 Å². The van der Waals surface area contributed by atoms with Crippen LogP contribution in [0.2, 0.25) is 0 Å². The van der Waals surface area contributed by atoms with Crippen molar-refractivity contribution in [3.05, 3.63) is 10.7 Å². The molecular formula is C11H16BrN3O. The number of hydrogen-bond donors (Lipinski definition) is 0. The molecule has 4 nitrogen and oxygen atoms in total. The Bertz CT molecular complexity index is 351. The molecule has 0 N–H and O–H groups in total. The summed E-state index contributed by atoms with van der Waals surface area (Å²) < 4.78 is 5.98. The van der Waals surface area contributed by atoms with Gasteiger partial charge in [-0.2, -0.15) is 4.98 Å². The third-order valence-electron chi connectivity index (χ3n) is 2.78. The van der Waals surface area contributed by atoms with Crippen LogP contribution in [0.5, 0.6) is 5.88 Å². The fourth-order valence-corrected chi connectivity index (χ4v) is 2.26.